The van der Waals surface area contributed by atoms with Crippen molar-refractivity contribution in [1.82, 2.24) is 4.90 Å². The van der Waals surface area contributed by atoms with Gasteiger partial charge in [0.2, 0.25) is 11.8 Å². The summed E-state index contributed by atoms with van der Waals surface area (Å²) < 4.78 is 0. The second-order valence-electron chi connectivity index (χ2n) is 6.16. The number of rotatable bonds is 3. The summed E-state index contributed by atoms with van der Waals surface area (Å²) in [5.41, 5.74) is 0.557. The summed E-state index contributed by atoms with van der Waals surface area (Å²) in [5.74, 6) is 0.504. The minimum absolute atomic E-state index is 0.106. The molecule has 1 aromatic carbocycles. The molecule has 0 spiro atoms. The maximum atomic E-state index is 12.5. The monoisotopic (exact) mass is 340 g/mol. The van der Waals surface area contributed by atoms with Crippen molar-refractivity contribution in [1.29, 1.82) is 0 Å². The third kappa shape index (κ3) is 3.23. The predicted octanol–water partition coefficient (Wildman–Crippen LogP) is 3.58. The Hall–Kier alpha value is -1.26. The summed E-state index contributed by atoms with van der Waals surface area (Å²) >= 11 is 11.9. The second kappa shape index (κ2) is 6.09. The summed E-state index contributed by atoms with van der Waals surface area (Å²) in [4.78, 5) is 26.6. The van der Waals surface area contributed by atoms with Crippen molar-refractivity contribution in [2.75, 3.05) is 11.9 Å². The first kappa shape index (κ1) is 15.6. The van der Waals surface area contributed by atoms with Crippen LogP contribution in [0.3, 0.4) is 0 Å². The van der Waals surface area contributed by atoms with Gasteiger partial charge in [0.1, 0.15) is 6.04 Å². The van der Waals surface area contributed by atoms with Crippen LogP contribution in [0, 0.1) is 11.8 Å². The molecule has 1 N–H and O–H groups in total. The Morgan fingerprint density at radius 1 is 1.23 bits per heavy atom. The number of benzene rings is 1. The molecule has 1 saturated carbocycles. The van der Waals surface area contributed by atoms with E-state index < -0.39 is 6.04 Å². The Labute approximate surface area is 139 Å². The molecule has 2 fully saturated rings. The molecule has 22 heavy (non-hydrogen) atoms. The molecule has 0 radical (unpaired) electrons. The molecule has 3 rings (SSSR count). The van der Waals surface area contributed by atoms with Crippen LogP contribution in [-0.4, -0.2) is 29.3 Å². The molecule has 3 atom stereocenters. The number of halogens is 2. The van der Waals surface area contributed by atoms with Gasteiger partial charge in [-0.2, -0.15) is 0 Å². The third-order valence-electron chi connectivity index (χ3n) is 4.40. The zero-order valence-corrected chi connectivity index (χ0v) is 13.8. The summed E-state index contributed by atoms with van der Waals surface area (Å²) in [6.45, 7) is 2.73. The topological polar surface area (TPSA) is 49.4 Å². The van der Waals surface area contributed by atoms with E-state index in [-0.39, 0.29) is 17.7 Å². The Morgan fingerprint density at radius 3 is 2.45 bits per heavy atom. The summed E-state index contributed by atoms with van der Waals surface area (Å²) in [6, 6.07) is 4.52. The Kier molecular flexibility index (Phi) is 4.33. The number of likely N-dealkylation sites (tertiary alicyclic amines) is 1. The molecule has 2 aliphatic rings. The average Bonchev–Trinajstić information content (AvgIpc) is 2.98. The zero-order chi connectivity index (χ0) is 15.9. The van der Waals surface area contributed by atoms with Gasteiger partial charge in [-0.05, 0) is 43.4 Å². The van der Waals surface area contributed by atoms with Gasteiger partial charge >= 0.3 is 0 Å². The first-order chi connectivity index (χ1) is 10.5. The van der Waals surface area contributed by atoms with Crippen LogP contribution in [0.15, 0.2) is 18.2 Å². The van der Waals surface area contributed by atoms with E-state index in [0.717, 1.165) is 12.8 Å². The Balaban J connectivity index is 1.69. The van der Waals surface area contributed by atoms with Gasteiger partial charge < -0.3 is 10.2 Å². The van der Waals surface area contributed by atoms with Crippen LogP contribution >= 0.6 is 23.2 Å². The Bertz CT molecular complexity index is 600. The van der Waals surface area contributed by atoms with E-state index in [4.69, 9.17) is 23.2 Å². The normalized spacial score (nSPS) is 26.9. The van der Waals surface area contributed by atoms with Crippen LogP contribution in [-0.2, 0) is 9.59 Å². The van der Waals surface area contributed by atoms with E-state index in [1.165, 1.54) is 0 Å². The molecule has 1 aliphatic heterocycles. The van der Waals surface area contributed by atoms with E-state index in [2.05, 4.69) is 12.2 Å². The fraction of sp³-hybridized carbons (Fsp3) is 0.500. The van der Waals surface area contributed by atoms with Gasteiger partial charge in [0.05, 0.1) is 0 Å². The smallest absolute Gasteiger partial charge is 0.247 e. The van der Waals surface area contributed by atoms with Crippen LogP contribution < -0.4 is 5.32 Å². The number of hydrogen-bond donors (Lipinski definition) is 1. The summed E-state index contributed by atoms with van der Waals surface area (Å²) in [6.07, 6.45) is 2.50. The van der Waals surface area contributed by atoms with E-state index in [1.54, 1.807) is 23.1 Å². The standard InChI is InChI=1S/C16H18Cl2N2O2/c1-9-5-13(9)16(22)20-4-2-3-14(20)15(21)19-12-7-10(17)6-11(18)8-12/h6-9,13-14H,2-5H2,1H3,(H,19,21). The number of carbonyl (C=O) groups excluding carboxylic acids is 2. The van der Waals surface area contributed by atoms with Crippen molar-refractivity contribution < 1.29 is 9.59 Å². The molecule has 2 amide bonds. The maximum Gasteiger partial charge on any atom is 0.247 e. The molecule has 1 heterocycles. The molecular formula is C16H18Cl2N2O2. The highest BCUT2D eigenvalue weighted by Gasteiger charge is 2.45. The summed E-state index contributed by atoms with van der Waals surface area (Å²) in [5, 5.41) is 3.75. The molecular weight excluding hydrogens is 323 g/mol. The highest BCUT2D eigenvalue weighted by Crippen LogP contribution is 2.40. The van der Waals surface area contributed by atoms with Crippen molar-refractivity contribution in [3.8, 4) is 0 Å². The predicted molar refractivity (Wildman–Crippen MR) is 87.1 cm³/mol. The molecule has 4 nitrogen and oxygen atoms in total. The Morgan fingerprint density at radius 2 is 1.86 bits per heavy atom. The minimum Gasteiger partial charge on any atom is -0.330 e. The number of hydrogen-bond acceptors (Lipinski definition) is 2. The lowest BCUT2D eigenvalue weighted by Gasteiger charge is -2.24. The molecule has 1 aromatic rings. The highest BCUT2D eigenvalue weighted by atomic mass is 35.5. The SMILES string of the molecule is CC1CC1C(=O)N1CCCC1C(=O)Nc1cc(Cl)cc(Cl)c1. The molecule has 1 saturated heterocycles. The van der Waals surface area contributed by atoms with Crippen LogP contribution in [0.2, 0.25) is 10.0 Å². The zero-order valence-electron chi connectivity index (χ0n) is 12.3. The van der Waals surface area contributed by atoms with Gasteiger partial charge in [-0.25, -0.2) is 0 Å². The van der Waals surface area contributed by atoms with Crippen LogP contribution in [0.4, 0.5) is 5.69 Å². The highest BCUT2D eigenvalue weighted by molar-refractivity contribution is 6.35. The van der Waals surface area contributed by atoms with Crippen LogP contribution in [0.1, 0.15) is 26.2 Å². The number of carbonyl (C=O) groups is 2. The van der Waals surface area contributed by atoms with E-state index in [9.17, 15) is 9.59 Å². The first-order valence-electron chi connectivity index (χ1n) is 7.53. The number of amides is 2. The average molecular weight is 341 g/mol. The lowest BCUT2D eigenvalue weighted by Crippen LogP contribution is -2.44. The van der Waals surface area contributed by atoms with Crippen LogP contribution in [0.5, 0.6) is 0 Å². The fourth-order valence-corrected chi connectivity index (χ4v) is 3.56. The second-order valence-corrected chi connectivity index (χ2v) is 7.03. The van der Waals surface area contributed by atoms with E-state index in [0.29, 0.717) is 34.6 Å². The van der Waals surface area contributed by atoms with Gasteiger partial charge in [0.15, 0.2) is 0 Å². The van der Waals surface area contributed by atoms with Gasteiger partial charge in [-0.3, -0.25) is 9.59 Å². The molecule has 3 unspecified atom stereocenters. The first-order valence-corrected chi connectivity index (χ1v) is 8.29. The van der Waals surface area contributed by atoms with Crippen molar-refractivity contribution in [2.45, 2.75) is 32.2 Å². The minimum atomic E-state index is -0.391. The quantitative estimate of drug-likeness (QED) is 0.914. The van der Waals surface area contributed by atoms with Crippen molar-refractivity contribution >= 4 is 40.7 Å². The van der Waals surface area contributed by atoms with Crippen molar-refractivity contribution in [3.05, 3.63) is 28.2 Å². The molecule has 118 valence electrons. The lowest BCUT2D eigenvalue weighted by atomic mass is 10.2. The fourth-order valence-electron chi connectivity index (χ4n) is 3.03. The van der Waals surface area contributed by atoms with Gasteiger partial charge in [-0.1, -0.05) is 30.1 Å². The van der Waals surface area contributed by atoms with Gasteiger partial charge in [0, 0.05) is 28.2 Å². The number of anilines is 1. The molecule has 0 aromatic heterocycles. The van der Waals surface area contributed by atoms with Crippen molar-refractivity contribution in [3.63, 3.8) is 0 Å². The van der Waals surface area contributed by atoms with Gasteiger partial charge in [-0.15, -0.1) is 0 Å². The number of nitrogens with zero attached hydrogens (tertiary/aromatic N) is 1. The summed E-state index contributed by atoms with van der Waals surface area (Å²) in [7, 11) is 0. The van der Waals surface area contributed by atoms with E-state index >= 15 is 0 Å². The van der Waals surface area contributed by atoms with Crippen LogP contribution in [0.25, 0.3) is 0 Å². The van der Waals surface area contributed by atoms with E-state index in [1.807, 2.05) is 0 Å². The van der Waals surface area contributed by atoms with Gasteiger partial charge in [0.25, 0.3) is 0 Å². The lowest BCUT2D eigenvalue weighted by molar-refractivity contribution is -0.138. The van der Waals surface area contributed by atoms with Crippen molar-refractivity contribution in [2.24, 2.45) is 11.8 Å². The third-order valence-corrected chi connectivity index (χ3v) is 4.83. The largest absolute Gasteiger partial charge is 0.330 e. The number of nitrogens with one attached hydrogen (secondary N) is 1. The molecule has 0 bridgehead atoms. The molecule has 6 heteroatoms. The maximum absolute atomic E-state index is 12.5. The molecule has 1 aliphatic carbocycles.